The normalized spacial score (nSPS) is 21.4. The summed E-state index contributed by atoms with van der Waals surface area (Å²) in [5, 5.41) is 0. The molecule has 0 N–H and O–H groups in total. The van der Waals surface area contributed by atoms with E-state index >= 15 is 0 Å². The van der Waals surface area contributed by atoms with E-state index in [1.54, 1.807) is 0 Å². The Morgan fingerprint density at radius 1 is 0.957 bits per heavy atom. The summed E-state index contributed by atoms with van der Waals surface area (Å²) >= 11 is 0. The maximum absolute atomic E-state index is 14.1. The molecule has 0 spiro atoms. The predicted molar refractivity (Wildman–Crippen MR) is 91.0 cm³/mol. The lowest BCUT2D eigenvalue weighted by Gasteiger charge is -2.29. The van der Waals surface area contributed by atoms with Crippen molar-refractivity contribution >= 4 is 0 Å². The van der Waals surface area contributed by atoms with Crippen molar-refractivity contribution in [1.82, 2.24) is 0 Å². The Kier molecular flexibility index (Phi) is 7.32. The zero-order chi connectivity index (χ0) is 16.7. The van der Waals surface area contributed by atoms with Gasteiger partial charge in [-0.25, -0.2) is 8.78 Å². The van der Waals surface area contributed by atoms with Crippen LogP contribution < -0.4 is 4.74 Å². The second kappa shape index (κ2) is 9.24. The van der Waals surface area contributed by atoms with Crippen LogP contribution in [0.1, 0.15) is 83.1 Å². The number of unbranched alkanes of at least 4 members (excludes halogenated alkanes) is 2. The number of hydrogen-bond donors (Lipinski definition) is 0. The number of halogens is 2. The van der Waals surface area contributed by atoms with E-state index in [0.717, 1.165) is 30.7 Å². The van der Waals surface area contributed by atoms with Crippen molar-refractivity contribution < 1.29 is 13.5 Å². The largest absolute Gasteiger partial charge is 0.488 e. The molecule has 0 saturated heterocycles. The van der Waals surface area contributed by atoms with E-state index in [2.05, 4.69) is 6.92 Å². The summed E-state index contributed by atoms with van der Waals surface area (Å²) in [6, 6.07) is 2.96. The lowest BCUT2D eigenvalue weighted by molar-refractivity contribution is 0.281. The molecule has 1 saturated carbocycles. The molecule has 130 valence electrons. The quantitative estimate of drug-likeness (QED) is 0.489. The van der Waals surface area contributed by atoms with Gasteiger partial charge in [0.1, 0.15) is 0 Å². The van der Waals surface area contributed by atoms with Gasteiger partial charge in [-0.3, -0.25) is 0 Å². The average molecular weight is 324 g/mol. The second-order valence-electron chi connectivity index (χ2n) is 6.88. The number of rotatable bonds is 8. The van der Waals surface area contributed by atoms with E-state index in [9.17, 15) is 8.78 Å². The third-order valence-corrected chi connectivity index (χ3v) is 5.01. The molecular formula is C20H30F2O. The summed E-state index contributed by atoms with van der Waals surface area (Å²) in [5.74, 6) is -0.234. The molecule has 0 aromatic heterocycles. The molecule has 0 radical (unpaired) electrons. The molecule has 0 unspecified atom stereocenters. The van der Waals surface area contributed by atoms with Crippen LogP contribution >= 0.6 is 0 Å². The Hall–Kier alpha value is -1.12. The fourth-order valence-corrected chi connectivity index (χ4v) is 3.62. The molecule has 23 heavy (non-hydrogen) atoms. The molecule has 1 aliphatic rings. The summed E-state index contributed by atoms with van der Waals surface area (Å²) in [6.07, 6.45) is 10.4. The summed E-state index contributed by atoms with van der Waals surface area (Å²) in [5.41, 5.74) is 0.802. The van der Waals surface area contributed by atoms with Gasteiger partial charge in [0, 0.05) is 0 Å². The fraction of sp³-hybridized carbons (Fsp3) is 0.700. The van der Waals surface area contributed by atoms with Gasteiger partial charge in [-0.15, -0.1) is 0 Å². The third kappa shape index (κ3) is 5.19. The maximum Gasteiger partial charge on any atom is 0.190 e. The average Bonchev–Trinajstić information content (AvgIpc) is 2.55. The van der Waals surface area contributed by atoms with Gasteiger partial charge < -0.3 is 4.74 Å². The van der Waals surface area contributed by atoms with Crippen molar-refractivity contribution in [3.05, 3.63) is 29.3 Å². The van der Waals surface area contributed by atoms with E-state index in [1.165, 1.54) is 50.7 Å². The molecule has 0 aliphatic heterocycles. The van der Waals surface area contributed by atoms with E-state index < -0.39 is 11.6 Å². The predicted octanol–water partition coefficient (Wildman–Crippen LogP) is 6.61. The highest BCUT2D eigenvalue weighted by Gasteiger charge is 2.24. The standard InChI is InChI=1S/C20H30F2O/c1-3-5-6-7-15-8-10-16(11-9-15)17-13-18(21)20(19(22)14-17)23-12-4-2/h13-16H,3-12H2,1-2H3. The minimum atomic E-state index is -0.557. The monoisotopic (exact) mass is 324 g/mol. The smallest absolute Gasteiger partial charge is 0.190 e. The topological polar surface area (TPSA) is 9.23 Å². The molecule has 2 rings (SSSR count). The first kappa shape index (κ1) is 18.2. The first-order valence-corrected chi connectivity index (χ1v) is 9.27. The summed E-state index contributed by atoms with van der Waals surface area (Å²) in [7, 11) is 0. The van der Waals surface area contributed by atoms with Crippen molar-refractivity contribution in [3.63, 3.8) is 0 Å². The van der Waals surface area contributed by atoms with Crippen molar-refractivity contribution in [1.29, 1.82) is 0 Å². The molecule has 1 aromatic carbocycles. The lowest BCUT2D eigenvalue weighted by Crippen LogP contribution is -2.14. The van der Waals surface area contributed by atoms with Crippen LogP contribution in [0.25, 0.3) is 0 Å². The molecule has 0 bridgehead atoms. The van der Waals surface area contributed by atoms with Gasteiger partial charge in [-0.1, -0.05) is 39.5 Å². The summed E-state index contributed by atoms with van der Waals surface area (Å²) in [6.45, 7) is 4.49. The van der Waals surface area contributed by atoms with Crippen LogP contribution in [0.15, 0.2) is 12.1 Å². The van der Waals surface area contributed by atoms with Crippen LogP contribution in [0.3, 0.4) is 0 Å². The zero-order valence-electron chi connectivity index (χ0n) is 14.5. The van der Waals surface area contributed by atoms with Gasteiger partial charge in [0.05, 0.1) is 6.61 Å². The number of ether oxygens (including phenoxy) is 1. The summed E-state index contributed by atoms with van der Waals surface area (Å²) < 4.78 is 33.4. The van der Waals surface area contributed by atoms with Crippen LogP contribution in [0.4, 0.5) is 8.78 Å². The first-order chi connectivity index (χ1) is 11.2. The van der Waals surface area contributed by atoms with Crippen molar-refractivity contribution in [3.8, 4) is 5.75 Å². The highest BCUT2D eigenvalue weighted by atomic mass is 19.1. The van der Waals surface area contributed by atoms with Gasteiger partial charge in [0.15, 0.2) is 17.4 Å². The molecule has 0 heterocycles. The van der Waals surface area contributed by atoms with Crippen molar-refractivity contribution in [2.75, 3.05) is 6.61 Å². The number of benzene rings is 1. The minimum Gasteiger partial charge on any atom is -0.488 e. The van der Waals surface area contributed by atoms with Crippen molar-refractivity contribution in [2.45, 2.75) is 77.6 Å². The molecule has 3 heteroatoms. The van der Waals surface area contributed by atoms with Crippen LogP contribution in [0.5, 0.6) is 5.75 Å². The Balaban J connectivity index is 1.93. The van der Waals surface area contributed by atoms with Gasteiger partial charge in [0.25, 0.3) is 0 Å². The zero-order valence-corrected chi connectivity index (χ0v) is 14.5. The van der Waals surface area contributed by atoms with Crippen LogP contribution in [0, 0.1) is 17.6 Å². The van der Waals surface area contributed by atoms with Gasteiger partial charge in [-0.05, 0) is 61.6 Å². The minimum absolute atomic E-state index is 0.219. The Morgan fingerprint density at radius 2 is 1.61 bits per heavy atom. The highest BCUT2D eigenvalue weighted by Crippen LogP contribution is 2.39. The van der Waals surface area contributed by atoms with Crippen LogP contribution in [-0.2, 0) is 0 Å². The second-order valence-corrected chi connectivity index (χ2v) is 6.88. The fourth-order valence-electron chi connectivity index (χ4n) is 3.62. The lowest BCUT2D eigenvalue weighted by atomic mass is 9.77. The molecule has 1 aromatic rings. The van der Waals surface area contributed by atoms with Crippen LogP contribution in [0.2, 0.25) is 0 Å². The van der Waals surface area contributed by atoms with Crippen molar-refractivity contribution in [2.24, 2.45) is 5.92 Å². The Labute approximate surface area is 139 Å². The Bertz CT molecular complexity index is 456. The molecule has 1 nitrogen and oxygen atoms in total. The Morgan fingerprint density at radius 3 is 2.17 bits per heavy atom. The molecule has 1 fully saturated rings. The molecule has 1 aliphatic carbocycles. The van der Waals surface area contributed by atoms with E-state index in [-0.39, 0.29) is 5.75 Å². The van der Waals surface area contributed by atoms with Gasteiger partial charge in [-0.2, -0.15) is 0 Å². The van der Waals surface area contributed by atoms with Gasteiger partial charge in [0.2, 0.25) is 0 Å². The van der Waals surface area contributed by atoms with E-state index in [0.29, 0.717) is 12.5 Å². The highest BCUT2D eigenvalue weighted by molar-refractivity contribution is 5.33. The maximum atomic E-state index is 14.1. The SMILES string of the molecule is CCCCCC1CCC(c2cc(F)c(OCCC)c(F)c2)CC1. The third-order valence-electron chi connectivity index (χ3n) is 5.01. The first-order valence-electron chi connectivity index (χ1n) is 9.27. The van der Waals surface area contributed by atoms with E-state index in [1.807, 2.05) is 6.92 Å². The van der Waals surface area contributed by atoms with E-state index in [4.69, 9.17) is 4.74 Å². The molecule has 0 amide bonds. The molecular weight excluding hydrogens is 294 g/mol. The summed E-state index contributed by atoms with van der Waals surface area (Å²) in [4.78, 5) is 0. The van der Waals surface area contributed by atoms with Crippen LogP contribution in [-0.4, -0.2) is 6.61 Å². The molecule has 0 atom stereocenters. The number of hydrogen-bond acceptors (Lipinski definition) is 1. The van der Waals surface area contributed by atoms with Gasteiger partial charge >= 0.3 is 0 Å².